The van der Waals surface area contributed by atoms with E-state index in [0.29, 0.717) is 68.3 Å². The molecular formula is C26H25F3N6O2. The second-order valence-electron chi connectivity index (χ2n) is 9.53. The average Bonchev–Trinajstić information content (AvgIpc) is 3.43. The molecule has 5 rings (SSSR count). The summed E-state index contributed by atoms with van der Waals surface area (Å²) >= 11 is 0. The fourth-order valence-electron chi connectivity index (χ4n) is 5.03. The number of aromatic nitrogens is 3. The van der Waals surface area contributed by atoms with Gasteiger partial charge in [0.1, 0.15) is 0 Å². The van der Waals surface area contributed by atoms with E-state index < -0.39 is 11.7 Å². The van der Waals surface area contributed by atoms with Gasteiger partial charge in [0.25, 0.3) is 0 Å². The molecule has 37 heavy (non-hydrogen) atoms. The normalized spacial score (nSPS) is 21.0. The first kappa shape index (κ1) is 24.7. The van der Waals surface area contributed by atoms with Crippen molar-refractivity contribution in [2.45, 2.75) is 37.3 Å². The first-order chi connectivity index (χ1) is 17.8. The molecule has 2 saturated heterocycles. The van der Waals surface area contributed by atoms with Gasteiger partial charge >= 0.3 is 12.2 Å². The molecule has 4 heterocycles. The van der Waals surface area contributed by atoms with E-state index in [4.69, 9.17) is 4.52 Å². The Morgan fingerprint density at radius 1 is 1.05 bits per heavy atom. The standard InChI is InChI=1S/C26H25F3N6O2/c27-26(28,29)22-5-3-18(4-6-22)20-12-21(24-32-23(33-37-24)19-2-1-9-31-14-19)16-35(15-20)25(36)34-10-7-17(13-30)8-11-34/h1-6,9,14,17,20-21H,7-8,10-12,15-16H2. The van der Waals surface area contributed by atoms with Gasteiger partial charge in [-0.3, -0.25) is 4.98 Å². The summed E-state index contributed by atoms with van der Waals surface area (Å²) in [5.74, 6) is 0.199. The van der Waals surface area contributed by atoms with Crippen molar-refractivity contribution < 1.29 is 22.5 Å². The van der Waals surface area contributed by atoms with E-state index in [2.05, 4.69) is 21.2 Å². The highest BCUT2D eigenvalue weighted by Crippen LogP contribution is 2.38. The first-order valence-corrected chi connectivity index (χ1v) is 12.2. The Morgan fingerprint density at radius 3 is 2.43 bits per heavy atom. The maximum absolute atomic E-state index is 13.5. The lowest BCUT2D eigenvalue weighted by Gasteiger charge is -2.40. The highest BCUT2D eigenvalue weighted by molar-refractivity contribution is 5.75. The number of likely N-dealkylation sites (tertiary alicyclic amines) is 2. The number of urea groups is 1. The van der Waals surface area contributed by atoms with Gasteiger partial charge in [0, 0.05) is 56.0 Å². The number of pyridine rings is 1. The fraction of sp³-hybridized carbons (Fsp3) is 0.423. The lowest BCUT2D eigenvalue weighted by atomic mass is 9.84. The zero-order chi connectivity index (χ0) is 26.0. The van der Waals surface area contributed by atoms with Crippen molar-refractivity contribution in [2.24, 2.45) is 5.92 Å². The SMILES string of the molecule is N#CC1CCN(C(=O)N2CC(c3ccc(C(F)(F)F)cc3)CC(c3nc(-c4cccnc4)no3)C2)CC1. The Kier molecular flexibility index (Phi) is 6.82. The summed E-state index contributed by atoms with van der Waals surface area (Å²) in [6.07, 6.45) is 0.641. The van der Waals surface area contributed by atoms with Crippen molar-refractivity contribution >= 4 is 6.03 Å². The number of hydrogen-bond donors (Lipinski definition) is 0. The molecule has 8 nitrogen and oxygen atoms in total. The Hall–Kier alpha value is -3.94. The molecule has 2 unspecified atom stereocenters. The van der Waals surface area contributed by atoms with E-state index in [1.165, 1.54) is 12.1 Å². The van der Waals surface area contributed by atoms with Gasteiger partial charge in [-0.25, -0.2) is 4.79 Å². The van der Waals surface area contributed by atoms with Gasteiger partial charge in [-0.05, 0) is 49.1 Å². The molecule has 0 spiro atoms. The number of rotatable bonds is 3. The first-order valence-electron chi connectivity index (χ1n) is 12.2. The van der Waals surface area contributed by atoms with E-state index in [0.717, 1.165) is 12.1 Å². The van der Waals surface area contributed by atoms with E-state index in [1.807, 2.05) is 6.07 Å². The highest BCUT2D eigenvalue weighted by atomic mass is 19.4. The number of nitrogens with zero attached hydrogens (tertiary/aromatic N) is 6. The summed E-state index contributed by atoms with van der Waals surface area (Å²) in [6, 6.07) is 10.8. The van der Waals surface area contributed by atoms with E-state index in [1.54, 1.807) is 28.3 Å². The Morgan fingerprint density at radius 2 is 1.78 bits per heavy atom. The molecule has 0 bridgehead atoms. The van der Waals surface area contributed by atoms with Crippen LogP contribution in [0.25, 0.3) is 11.4 Å². The lowest BCUT2D eigenvalue weighted by molar-refractivity contribution is -0.137. The van der Waals surface area contributed by atoms with Gasteiger partial charge < -0.3 is 14.3 Å². The summed E-state index contributed by atoms with van der Waals surface area (Å²) in [5.41, 5.74) is 0.696. The molecule has 11 heteroatoms. The number of alkyl halides is 3. The minimum atomic E-state index is -4.42. The summed E-state index contributed by atoms with van der Waals surface area (Å²) < 4.78 is 44.9. The van der Waals surface area contributed by atoms with Crippen LogP contribution in [0.1, 0.15) is 48.1 Å². The summed E-state index contributed by atoms with van der Waals surface area (Å²) in [7, 11) is 0. The number of carbonyl (C=O) groups is 1. The van der Waals surface area contributed by atoms with Gasteiger partial charge in [-0.2, -0.15) is 23.4 Å². The Labute approximate surface area is 211 Å². The van der Waals surface area contributed by atoms with Crippen LogP contribution < -0.4 is 0 Å². The minimum absolute atomic E-state index is 0.0534. The summed E-state index contributed by atoms with van der Waals surface area (Å²) in [5, 5.41) is 13.3. The zero-order valence-electron chi connectivity index (χ0n) is 19.9. The highest BCUT2D eigenvalue weighted by Gasteiger charge is 2.37. The largest absolute Gasteiger partial charge is 0.416 e. The average molecular weight is 511 g/mol. The van der Waals surface area contributed by atoms with Crippen molar-refractivity contribution in [1.82, 2.24) is 24.9 Å². The third-order valence-electron chi connectivity index (χ3n) is 7.09. The molecule has 0 N–H and O–H groups in total. The number of benzene rings is 1. The number of nitriles is 1. The molecule has 2 aliphatic rings. The van der Waals surface area contributed by atoms with Gasteiger partial charge in [0.15, 0.2) is 0 Å². The molecule has 0 saturated carbocycles. The zero-order valence-corrected chi connectivity index (χ0v) is 19.9. The van der Waals surface area contributed by atoms with Crippen LogP contribution in [0, 0.1) is 17.2 Å². The van der Waals surface area contributed by atoms with Crippen LogP contribution in [-0.2, 0) is 6.18 Å². The van der Waals surface area contributed by atoms with Crippen LogP contribution in [0.5, 0.6) is 0 Å². The van der Waals surface area contributed by atoms with Crippen LogP contribution in [0.2, 0.25) is 0 Å². The van der Waals surface area contributed by atoms with Gasteiger partial charge in [0.2, 0.25) is 11.7 Å². The van der Waals surface area contributed by atoms with E-state index in [-0.39, 0.29) is 23.8 Å². The Bertz CT molecular complexity index is 1260. The second kappa shape index (κ2) is 10.2. The van der Waals surface area contributed by atoms with Gasteiger partial charge in [-0.1, -0.05) is 17.3 Å². The number of amides is 2. The summed E-state index contributed by atoms with van der Waals surface area (Å²) in [4.78, 5) is 25.6. The van der Waals surface area contributed by atoms with Gasteiger partial charge in [-0.15, -0.1) is 0 Å². The predicted octanol–water partition coefficient (Wildman–Crippen LogP) is 5.08. The maximum atomic E-state index is 13.5. The van der Waals surface area contributed by atoms with E-state index >= 15 is 0 Å². The smallest absolute Gasteiger partial charge is 0.339 e. The number of piperidine rings is 2. The van der Waals surface area contributed by atoms with Crippen molar-refractivity contribution in [2.75, 3.05) is 26.2 Å². The van der Waals surface area contributed by atoms with Crippen molar-refractivity contribution in [3.05, 3.63) is 65.8 Å². The third-order valence-corrected chi connectivity index (χ3v) is 7.09. The van der Waals surface area contributed by atoms with Crippen LogP contribution in [-0.4, -0.2) is 57.1 Å². The van der Waals surface area contributed by atoms with Crippen LogP contribution >= 0.6 is 0 Å². The van der Waals surface area contributed by atoms with Crippen molar-refractivity contribution in [3.8, 4) is 17.5 Å². The lowest BCUT2D eigenvalue weighted by Crippen LogP contribution is -2.51. The predicted molar refractivity (Wildman–Crippen MR) is 126 cm³/mol. The maximum Gasteiger partial charge on any atom is 0.416 e. The monoisotopic (exact) mass is 510 g/mol. The molecule has 0 aliphatic carbocycles. The molecule has 2 aromatic heterocycles. The fourth-order valence-corrected chi connectivity index (χ4v) is 5.03. The van der Waals surface area contributed by atoms with Crippen molar-refractivity contribution in [1.29, 1.82) is 5.26 Å². The van der Waals surface area contributed by atoms with Crippen molar-refractivity contribution in [3.63, 3.8) is 0 Å². The van der Waals surface area contributed by atoms with Gasteiger partial charge in [0.05, 0.1) is 17.6 Å². The molecule has 0 radical (unpaired) electrons. The number of carbonyl (C=O) groups excluding carboxylic acids is 1. The van der Waals surface area contributed by atoms with Crippen LogP contribution in [0.15, 0.2) is 53.3 Å². The van der Waals surface area contributed by atoms with Crippen LogP contribution in [0.4, 0.5) is 18.0 Å². The molecule has 2 amide bonds. The summed E-state index contributed by atoms with van der Waals surface area (Å²) in [6.45, 7) is 1.70. The molecule has 1 aromatic carbocycles. The Balaban J connectivity index is 1.40. The third kappa shape index (κ3) is 5.43. The minimum Gasteiger partial charge on any atom is -0.339 e. The molecule has 2 aliphatic heterocycles. The van der Waals surface area contributed by atoms with Crippen LogP contribution in [0.3, 0.4) is 0 Å². The molecular weight excluding hydrogens is 485 g/mol. The topological polar surface area (TPSA) is 99.2 Å². The molecule has 2 atom stereocenters. The molecule has 192 valence electrons. The number of halogens is 3. The molecule has 2 fully saturated rings. The number of hydrogen-bond acceptors (Lipinski definition) is 6. The van der Waals surface area contributed by atoms with E-state index in [9.17, 15) is 23.2 Å². The second-order valence-corrected chi connectivity index (χ2v) is 9.53. The quantitative estimate of drug-likeness (QED) is 0.487. The molecule has 3 aromatic rings.